The van der Waals surface area contributed by atoms with Crippen LogP contribution >= 0.6 is 11.6 Å². The SMILES string of the molecule is CC(C)(C)NS(=O)(=O)c1c(Cl)cccc1-c1ccccc1. The zero-order valence-corrected chi connectivity index (χ0v) is 13.8. The molecule has 0 saturated carbocycles. The predicted octanol–water partition coefficient (Wildman–Crippen LogP) is 4.08. The molecule has 21 heavy (non-hydrogen) atoms. The van der Waals surface area contributed by atoms with Gasteiger partial charge in [0.25, 0.3) is 0 Å². The van der Waals surface area contributed by atoms with E-state index in [9.17, 15) is 8.42 Å². The molecule has 0 atom stereocenters. The first-order valence-electron chi connectivity index (χ1n) is 6.59. The maximum atomic E-state index is 12.7. The van der Waals surface area contributed by atoms with Gasteiger partial charge in [0, 0.05) is 11.1 Å². The standard InChI is InChI=1S/C16H18ClNO2S/c1-16(2,3)18-21(19,20)15-13(10-7-11-14(15)17)12-8-5-4-6-9-12/h4-11,18H,1-3H3. The van der Waals surface area contributed by atoms with E-state index in [1.807, 2.05) is 30.3 Å². The summed E-state index contributed by atoms with van der Waals surface area (Å²) in [6.07, 6.45) is 0. The predicted molar refractivity (Wildman–Crippen MR) is 87.0 cm³/mol. The highest BCUT2D eigenvalue weighted by Crippen LogP contribution is 2.33. The van der Waals surface area contributed by atoms with E-state index in [2.05, 4.69) is 4.72 Å². The molecule has 0 aromatic heterocycles. The van der Waals surface area contributed by atoms with Gasteiger partial charge < -0.3 is 0 Å². The van der Waals surface area contributed by atoms with E-state index in [1.165, 1.54) is 0 Å². The number of hydrogen-bond acceptors (Lipinski definition) is 2. The molecule has 2 aromatic rings. The molecular formula is C16H18ClNO2S. The van der Waals surface area contributed by atoms with E-state index in [0.717, 1.165) is 5.56 Å². The van der Waals surface area contributed by atoms with Crippen LogP contribution in [0.15, 0.2) is 53.4 Å². The van der Waals surface area contributed by atoms with Crippen molar-refractivity contribution in [1.29, 1.82) is 0 Å². The Morgan fingerprint density at radius 1 is 0.952 bits per heavy atom. The van der Waals surface area contributed by atoms with E-state index >= 15 is 0 Å². The van der Waals surface area contributed by atoms with Crippen LogP contribution in [0.2, 0.25) is 5.02 Å². The second kappa shape index (κ2) is 5.79. The number of nitrogens with one attached hydrogen (secondary N) is 1. The molecule has 0 aliphatic rings. The first kappa shape index (κ1) is 16.0. The van der Waals surface area contributed by atoms with Crippen LogP contribution in [0.25, 0.3) is 11.1 Å². The minimum absolute atomic E-state index is 0.118. The highest BCUT2D eigenvalue weighted by molar-refractivity contribution is 7.89. The van der Waals surface area contributed by atoms with E-state index in [0.29, 0.717) is 5.56 Å². The van der Waals surface area contributed by atoms with Crippen LogP contribution in [-0.4, -0.2) is 14.0 Å². The van der Waals surface area contributed by atoms with Gasteiger partial charge in [0.05, 0.1) is 5.02 Å². The van der Waals surface area contributed by atoms with E-state index in [-0.39, 0.29) is 9.92 Å². The van der Waals surface area contributed by atoms with Gasteiger partial charge in [0.15, 0.2) is 0 Å². The summed E-state index contributed by atoms with van der Waals surface area (Å²) in [5.41, 5.74) is 0.834. The Kier molecular flexibility index (Phi) is 4.42. The van der Waals surface area contributed by atoms with Gasteiger partial charge in [-0.05, 0) is 32.4 Å². The minimum atomic E-state index is -3.71. The van der Waals surface area contributed by atoms with Crippen molar-refractivity contribution in [3.05, 3.63) is 53.6 Å². The van der Waals surface area contributed by atoms with Crippen molar-refractivity contribution in [3.63, 3.8) is 0 Å². The fourth-order valence-corrected chi connectivity index (χ4v) is 4.27. The van der Waals surface area contributed by atoms with Gasteiger partial charge in [-0.25, -0.2) is 13.1 Å². The summed E-state index contributed by atoms with van der Waals surface area (Å²) < 4.78 is 28.0. The lowest BCUT2D eigenvalue weighted by Crippen LogP contribution is -2.40. The Morgan fingerprint density at radius 3 is 2.14 bits per heavy atom. The molecule has 0 aliphatic carbocycles. The Morgan fingerprint density at radius 2 is 1.57 bits per heavy atom. The van der Waals surface area contributed by atoms with Gasteiger partial charge in [-0.2, -0.15) is 0 Å². The molecule has 5 heteroatoms. The fourth-order valence-electron chi connectivity index (χ4n) is 2.08. The average molecular weight is 324 g/mol. The molecule has 3 nitrogen and oxygen atoms in total. The van der Waals surface area contributed by atoms with Crippen molar-refractivity contribution in [2.24, 2.45) is 0 Å². The molecule has 2 rings (SSSR count). The lowest BCUT2D eigenvalue weighted by molar-refractivity contribution is 0.491. The van der Waals surface area contributed by atoms with Crippen molar-refractivity contribution in [1.82, 2.24) is 4.72 Å². The third kappa shape index (κ3) is 3.84. The van der Waals surface area contributed by atoms with Crippen LogP contribution in [0.4, 0.5) is 0 Å². The normalized spacial score (nSPS) is 12.4. The van der Waals surface area contributed by atoms with Crippen molar-refractivity contribution in [3.8, 4) is 11.1 Å². The lowest BCUT2D eigenvalue weighted by Gasteiger charge is -2.22. The summed E-state index contributed by atoms with van der Waals surface area (Å²) in [6.45, 7) is 5.39. The first-order valence-corrected chi connectivity index (χ1v) is 8.45. The average Bonchev–Trinajstić information content (AvgIpc) is 2.36. The van der Waals surface area contributed by atoms with Crippen LogP contribution in [0.1, 0.15) is 20.8 Å². The summed E-state index contributed by atoms with van der Waals surface area (Å²) in [7, 11) is -3.71. The van der Waals surface area contributed by atoms with Gasteiger partial charge in [-0.1, -0.05) is 54.1 Å². The van der Waals surface area contributed by atoms with Crippen LogP contribution in [0.3, 0.4) is 0 Å². The van der Waals surface area contributed by atoms with Gasteiger partial charge in [-0.15, -0.1) is 0 Å². The molecule has 0 heterocycles. The summed E-state index contributed by atoms with van der Waals surface area (Å²) in [4.78, 5) is 0.118. The Balaban J connectivity index is 2.64. The molecule has 0 spiro atoms. The third-order valence-electron chi connectivity index (χ3n) is 2.76. The highest BCUT2D eigenvalue weighted by atomic mass is 35.5. The summed E-state index contributed by atoms with van der Waals surface area (Å²) in [5, 5.41) is 0.216. The van der Waals surface area contributed by atoms with E-state index in [1.54, 1.807) is 39.0 Å². The van der Waals surface area contributed by atoms with E-state index < -0.39 is 15.6 Å². The summed E-state index contributed by atoms with van der Waals surface area (Å²) >= 11 is 6.17. The second-order valence-corrected chi connectivity index (χ2v) is 7.86. The topological polar surface area (TPSA) is 46.2 Å². The number of benzene rings is 2. The van der Waals surface area contributed by atoms with Gasteiger partial charge >= 0.3 is 0 Å². The molecule has 112 valence electrons. The summed E-state index contributed by atoms with van der Waals surface area (Å²) in [5.74, 6) is 0. The fraction of sp³-hybridized carbons (Fsp3) is 0.250. The first-order chi connectivity index (χ1) is 9.71. The summed E-state index contributed by atoms with van der Waals surface area (Å²) in [6, 6.07) is 14.4. The van der Waals surface area contributed by atoms with Crippen LogP contribution in [-0.2, 0) is 10.0 Å². The Bertz CT molecular complexity index is 735. The van der Waals surface area contributed by atoms with Gasteiger partial charge in [0.2, 0.25) is 10.0 Å². The third-order valence-corrected chi connectivity index (χ3v) is 5.05. The number of rotatable bonds is 3. The van der Waals surface area contributed by atoms with Crippen LogP contribution in [0, 0.1) is 0 Å². The Hall–Kier alpha value is -1.36. The molecular weight excluding hydrogens is 306 g/mol. The molecule has 0 bridgehead atoms. The number of sulfonamides is 1. The van der Waals surface area contributed by atoms with Crippen molar-refractivity contribution in [2.75, 3.05) is 0 Å². The molecule has 0 fully saturated rings. The monoisotopic (exact) mass is 323 g/mol. The largest absolute Gasteiger partial charge is 0.243 e. The van der Waals surface area contributed by atoms with Crippen LogP contribution < -0.4 is 4.72 Å². The highest BCUT2D eigenvalue weighted by Gasteiger charge is 2.27. The molecule has 0 unspecified atom stereocenters. The van der Waals surface area contributed by atoms with Crippen LogP contribution in [0.5, 0.6) is 0 Å². The molecule has 0 amide bonds. The number of halogens is 1. The molecule has 1 N–H and O–H groups in total. The van der Waals surface area contributed by atoms with Crippen molar-refractivity contribution >= 4 is 21.6 Å². The number of hydrogen-bond donors (Lipinski definition) is 1. The van der Waals surface area contributed by atoms with Gasteiger partial charge in [-0.3, -0.25) is 0 Å². The maximum Gasteiger partial charge on any atom is 0.243 e. The zero-order valence-electron chi connectivity index (χ0n) is 12.2. The molecule has 0 aliphatic heterocycles. The smallest absolute Gasteiger partial charge is 0.207 e. The molecule has 2 aromatic carbocycles. The zero-order chi connectivity index (χ0) is 15.7. The second-order valence-electron chi connectivity index (χ2n) is 5.84. The quantitative estimate of drug-likeness (QED) is 0.925. The molecule has 0 radical (unpaired) electrons. The minimum Gasteiger partial charge on any atom is -0.207 e. The maximum absolute atomic E-state index is 12.7. The Labute approximate surface area is 131 Å². The van der Waals surface area contributed by atoms with Crippen molar-refractivity contribution in [2.45, 2.75) is 31.2 Å². The van der Waals surface area contributed by atoms with Crippen molar-refractivity contribution < 1.29 is 8.42 Å². The van der Waals surface area contributed by atoms with Gasteiger partial charge in [0.1, 0.15) is 4.90 Å². The van der Waals surface area contributed by atoms with E-state index in [4.69, 9.17) is 11.6 Å². The lowest BCUT2D eigenvalue weighted by atomic mass is 10.1. The molecule has 0 saturated heterocycles.